The van der Waals surface area contributed by atoms with E-state index in [2.05, 4.69) is 11.1 Å². The van der Waals surface area contributed by atoms with Crippen molar-refractivity contribution in [3.8, 4) is 6.07 Å². The van der Waals surface area contributed by atoms with E-state index in [0.717, 1.165) is 16.7 Å². The van der Waals surface area contributed by atoms with E-state index in [1.54, 1.807) is 0 Å². The molecule has 4 heteroatoms. The lowest BCUT2D eigenvalue weighted by Crippen LogP contribution is -2.65. The highest BCUT2D eigenvalue weighted by molar-refractivity contribution is 5.86. The van der Waals surface area contributed by atoms with Crippen LogP contribution >= 0.6 is 0 Å². The van der Waals surface area contributed by atoms with Gasteiger partial charge < -0.3 is 10.0 Å². The molecule has 0 aliphatic carbocycles. The predicted octanol–water partition coefficient (Wildman–Crippen LogP) is 2.31. The zero-order valence-electron chi connectivity index (χ0n) is 11.7. The van der Waals surface area contributed by atoms with Crippen LogP contribution in [0.5, 0.6) is 0 Å². The van der Waals surface area contributed by atoms with Crippen LogP contribution in [0.25, 0.3) is 10.9 Å². The number of nitriles is 1. The van der Waals surface area contributed by atoms with Crippen molar-refractivity contribution in [1.29, 1.82) is 5.26 Å². The number of anilines is 1. The number of β-amino-alcohol motifs (C(OH)–C–C–N with tert-alkyl or cyclic N) is 1. The zero-order valence-corrected chi connectivity index (χ0v) is 11.7. The van der Waals surface area contributed by atoms with Gasteiger partial charge in [-0.05, 0) is 18.1 Å². The largest absolute Gasteiger partial charge is 0.386 e. The lowest BCUT2D eigenvalue weighted by Gasteiger charge is -2.49. The molecule has 20 heavy (non-hydrogen) atoms. The summed E-state index contributed by atoms with van der Waals surface area (Å²) < 4.78 is 0. The Bertz CT molecular complexity index is 696. The van der Waals surface area contributed by atoms with Crippen LogP contribution in [0.15, 0.2) is 30.3 Å². The van der Waals surface area contributed by atoms with Gasteiger partial charge in [0, 0.05) is 5.39 Å². The number of aromatic nitrogens is 1. The van der Waals surface area contributed by atoms with E-state index in [4.69, 9.17) is 0 Å². The standard InChI is InChI=1S/C16H17N3O/c1-11(2)16(20)9-19(10-16)15-7-12(8-17)13-5-3-4-6-14(13)18-15/h3-7,11,20H,9-10H2,1-2H3. The molecule has 0 spiro atoms. The molecule has 3 rings (SSSR count). The van der Waals surface area contributed by atoms with E-state index in [1.165, 1.54) is 0 Å². The normalized spacial score (nSPS) is 17.1. The van der Waals surface area contributed by atoms with Gasteiger partial charge in [-0.1, -0.05) is 32.0 Å². The molecule has 1 aliphatic rings. The van der Waals surface area contributed by atoms with E-state index in [-0.39, 0.29) is 5.92 Å². The molecule has 0 atom stereocenters. The van der Waals surface area contributed by atoms with Crippen molar-refractivity contribution in [3.05, 3.63) is 35.9 Å². The molecule has 0 unspecified atom stereocenters. The Kier molecular flexibility index (Phi) is 2.88. The number of hydrogen-bond donors (Lipinski definition) is 1. The van der Waals surface area contributed by atoms with Crippen LogP contribution in [0.1, 0.15) is 19.4 Å². The fraction of sp³-hybridized carbons (Fsp3) is 0.375. The van der Waals surface area contributed by atoms with Gasteiger partial charge in [-0.15, -0.1) is 0 Å². The summed E-state index contributed by atoms with van der Waals surface area (Å²) in [6.07, 6.45) is 0. The van der Waals surface area contributed by atoms with Crippen molar-refractivity contribution in [2.75, 3.05) is 18.0 Å². The fourth-order valence-electron chi connectivity index (χ4n) is 2.56. The number of rotatable bonds is 2. The average molecular weight is 267 g/mol. The third-order valence-corrected chi connectivity index (χ3v) is 4.15. The van der Waals surface area contributed by atoms with Gasteiger partial charge >= 0.3 is 0 Å². The highest BCUT2D eigenvalue weighted by atomic mass is 16.3. The summed E-state index contributed by atoms with van der Waals surface area (Å²) in [6, 6.07) is 11.7. The first-order valence-electron chi connectivity index (χ1n) is 6.81. The molecule has 1 fully saturated rings. The molecule has 0 radical (unpaired) electrons. The molecule has 0 amide bonds. The van der Waals surface area contributed by atoms with Gasteiger partial charge in [0.2, 0.25) is 0 Å². The Balaban J connectivity index is 1.97. The molecule has 1 aromatic heterocycles. The van der Waals surface area contributed by atoms with Gasteiger partial charge in [0.25, 0.3) is 0 Å². The molecule has 0 bridgehead atoms. The highest BCUT2D eigenvalue weighted by Gasteiger charge is 2.44. The predicted molar refractivity (Wildman–Crippen MR) is 78.5 cm³/mol. The number of fused-ring (bicyclic) bond motifs is 1. The van der Waals surface area contributed by atoms with Crippen LogP contribution in [0, 0.1) is 17.2 Å². The summed E-state index contributed by atoms with van der Waals surface area (Å²) in [6.45, 7) is 5.18. The first-order chi connectivity index (χ1) is 9.53. The minimum atomic E-state index is -0.639. The second-order valence-electron chi connectivity index (χ2n) is 5.77. The summed E-state index contributed by atoms with van der Waals surface area (Å²) in [7, 11) is 0. The molecular formula is C16H17N3O. The minimum Gasteiger partial charge on any atom is -0.386 e. The lowest BCUT2D eigenvalue weighted by molar-refractivity contribution is -0.0304. The van der Waals surface area contributed by atoms with Gasteiger partial charge in [0.15, 0.2) is 0 Å². The van der Waals surface area contributed by atoms with Gasteiger partial charge in [-0.3, -0.25) is 0 Å². The fourth-order valence-corrected chi connectivity index (χ4v) is 2.56. The van der Waals surface area contributed by atoms with Crippen LogP contribution in [0.3, 0.4) is 0 Å². The number of nitrogens with zero attached hydrogens (tertiary/aromatic N) is 3. The van der Waals surface area contributed by atoms with Crippen molar-refractivity contribution in [1.82, 2.24) is 4.98 Å². The van der Waals surface area contributed by atoms with Crippen LogP contribution in [-0.2, 0) is 0 Å². The molecule has 102 valence electrons. The maximum atomic E-state index is 10.3. The Morgan fingerprint density at radius 2 is 2.05 bits per heavy atom. The number of hydrogen-bond acceptors (Lipinski definition) is 4. The average Bonchev–Trinajstić information content (AvgIpc) is 2.42. The van der Waals surface area contributed by atoms with Crippen molar-refractivity contribution in [3.63, 3.8) is 0 Å². The van der Waals surface area contributed by atoms with Crippen molar-refractivity contribution in [2.24, 2.45) is 5.92 Å². The highest BCUT2D eigenvalue weighted by Crippen LogP contribution is 2.33. The lowest BCUT2D eigenvalue weighted by atomic mass is 9.83. The van der Waals surface area contributed by atoms with E-state index < -0.39 is 5.60 Å². The molecule has 2 heterocycles. The number of aliphatic hydroxyl groups is 1. The van der Waals surface area contributed by atoms with E-state index >= 15 is 0 Å². The minimum absolute atomic E-state index is 0.217. The van der Waals surface area contributed by atoms with Crippen molar-refractivity contribution in [2.45, 2.75) is 19.4 Å². The van der Waals surface area contributed by atoms with E-state index in [1.807, 2.05) is 49.1 Å². The molecule has 2 aromatic rings. The Hall–Kier alpha value is -2.12. The third-order valence-electron chi connectivity index (χ3n) is 4.15. The van der Waals surface area contributed by atoms with E-state index in [9.17, 15) is 10.4 Å². The van der Waals surface area contributed by atoms with Gasteiger partial charge in [-0.25, -0.2) is 4.98 Å². The third kappa shape index (κ3) is 1.91. The summed E-state index contributed by atoms with van der Waals surface area (Å²) >= 11 is 0. The van der Waals surface area contributed by atoms with Crippen LogP contribution in [0.4, 0.5) is 5.82 Å². The maximum Gasteiger partial charge on any atom is 0.130 e. The quantitative estimate of drug-likeness (QED) is 0.907. The number of pyridine rings is 1. The summed E-state index contributed by atoms with van der Waals surface area (Å²) in [5.41, 5.74) is 0.812. The van der Waals surface area contributed by atoms with Gasteiger partial charge in [0.05, 0.1) is 30.2 Å². The SMILES string of the molecule is CC(C)C1(O)CN(c2cc(C#N)c3ccccc3n2)C1. The molecule has 1 saturated heterocycles. The van der Waals surface area contributed by atoms with Crippen LogP contribution in [-0.4, -0.2) is 28.8 Å². The topological polar surface area (TPSA) is 60.1 Å². The Morgan fingerprint density at radius 3 is 2.70 bits per heavy atom. The first-order valence-corrected chi connectivity index (χ1v) is 6.81. The molecule has 4 nitrogen and oxygen atoms in total. The smallest absolute Gasteiger partial charge is 0.130 e. The second-order valence-corrected chi connectivity index (χ2v) is 5.77. The van der Waals surface area contributed by atoms with Crippen molar-refractivity contribution >= 4 is 16.7 Å². The summed E-state index contributed by atoms with van der Waals surface area (Å²) in [4.78, 5) is 6.62. The molecular weight excluding hydrogens is 250 g/mol. The molecule has 0 saturated carbocycles. The summed E-state index contributed by atoms with van der Waals surface area (Å²) in [5.74, 6) is 0.986. The van der Waals surface area contributed by atoms with Crippen LogP contribution in [0.2, 0.25) is 0 Å². The number of para-hydroxylation sites is 1. The van der Waals surface area contributed by atoms with Crippen LogP contribution < -0.4 is 4.90 Å². The first kappa shape index (κ1) is 12.9. The summed E-state index contributed by atoms with van der Waals surface area (Å²) in [5, 5.41) is 20.5. The maximum absolute atomic E-state index is 10.3. The van der Waals surface area contributed by atoms with Gasteiger partial charge in [-0.2, -0.15) is 5.26 Å². The molecule has 1 aromatic carbocycles. The second kappa shape index (κ2) is 4.46. The van der Waals surface area contributed by atoms with Gasteiger partial charge in [0.1, 0.15) is 11.4 Å². The van der Waals surface area contributed by atoms with Crippen molar-refractivity contribution < 1.29 is 5.11 Å². The Labute approximate surface area is 118 Å². The monoisotopic (exact) mass is 267 g/mol. The van der Waals surface area contributed by atoms with E-state index in [0.29, 0.717) is 18.7 Å². The molecule has 1 N–H and O–H groups in total. The number of benzene rings is 1. The Morgan fingerprint density at radius 1 is 1.35 bits per heavy atom. The molecule has 1 aliphatic heterocycles. The zero-order chi connectivity index (χ0) is 14.3.